The number of hydrogen-bond donors (Lipinski definition) is 0. The normalized spacial score (nSPS) is 17.5. The van der Waals surface area contributed by atoms with Crippen LogP contribution in [0.15, 0.2) is 12.2 Å². The van der Waals surface area contributed by atoms with Crippen molar-refractivity contribution in [3.63, 3.8) is 0 Å². The highest BCUT2D eigenvalue weighted by Crippen LogP contribution is 1.89. The molecule has 0 aliphatic heterocycles. The second-order valence-corrected chi connectivity index (χ2v) is 1.37. The van der Waals surface area contributed by atoms with Gasteiger partial charge in [-0.2, -0.15) is 0 Å². The molecule has 0 amide bonds. The van der Waals surface area contributed by atoms with Crippen LogP contribution in [-0.4, -0.2) is 15.0 Å². The molecule has 0 unspecified atom stereocenters. The van der Waals surface area contributed by atoms with Crippen LogP contribution in [0, 0.1) is 0 Å². The lowest BCUT2D eigenvalue weighted by Gasteiger charge is -1.38. The Morgan fingerprint density at radius 1 is 1.50 bits per heavy atom. The molecule has 0 spiro atoms. The summed E-state index contributed by atoms with van der Waals surface area (Å²) in [7, 11) is 3.23. The zero-order valence-corrected chi connectivity index (χ0v) is 3.15. The van der Waals surface area contributed by atoms with Crippen molar-refractivity contribution in [2.24, 2.45) is 0 Å². The van der Waals surface area contributed by atoms with Crippen molar-refractivity contribution in [3.8, 4) is 0 Å². The molecule has 0 heterocycles. The summed E-state index contributed by atoms with van der Waals surface area (Å²) in [6, 6.07) is 0. The molecular formula is C3H2Si. The Kier molecular flexibility index (Phi) is 0.211. The lowest BCUT2D eigenvalue weighted by molar-refractivity contribution is 2.81. The Morgan fingerprint density at radius 2 is 1.75 bits per heavy atom. The van der Waals surface area contributed by atoms with E-state index in [4.69, 9.17) is 0 Å². The molecule has 0 nitrogen and oxygen atoms in total. The van der Waals surface area contributed by atoms with Gasteiger partial charge < -0.3 is 0 Å². The van der Waals surface area contributed by atoms with Gasteiger partial charge in [-0.3, -0.25) is 0 Å². The highest BCUT2D eigenvalue weighted by molar-refractivity contribution is 6.52. The van der Waals surface area contributed by atoms with E-state index in [1.54, 1.807) is 0 Å². The van der Waals surface area contributed by atoms with Crippen LogP contribution in [0.1, 0.15) is 0 Å². The van der Waals surface area contributed by atoms with E-state index in [1.165, 1.54) is 5.17 Å². The molecule has 2 radical (unpaired) electrons. The minimum atomic E-state index is 1.22. The predicted molar refractivity (Wildman–Crippen MR) is 19.9 cm³/mol. The van der Waals surface area contributed by atoms with Gasteiger partial charge in [0, 0.05) is 9.85 Å². The van der Waals surface area contributed by atoms with Crippen LogP contribution in [0.2, 0.25) is 0 Å². The Balaban J connectivity index is 2.80. The van der Waals surface area contributed by atoms with Gasteiger partial charge >= 0.3 is 0 Å². The van der Waals surface area contributed by atoms with Crippen molar-refractivity contribution in [1.29, 1.82) is 0 Å². The lowest BCUT2D eigenvalue weighted by Crippen LogP contribution is -1.54. The largest absolute Gasteiger partial charge is 0.0596 e. The Morgan fingerprint density at radius 3 is 1.75 bits per heavy atom. The van der Waals surface area contributed by atoms with Gasteiger partial charge in [0.15, 0.2) is 0 Å². The van der Waals surface area contributed by atoms with Crippen molar-refractivity contribution in [2.75, 3.05) is 0 Å². The summed E-state index contributed by atoms with van der Waals surface area (Å²) in [5.74, 6) is 0. The molecule has 0 aromatic carbocycles. The average Bonchev–Trinajstić information content (AvgIpc) is 1.75. The van der Waals surface area contributed by atoms with E-state index >= 15 is 0 Å². The molecule has 0 aromatic heterocycles. The molecule has 1 aliphatic rings. The predicted octanol–water partition coefficient (Wildman–Crippen LogP) is -0.103. The van der Waals surface area contributed by atoms with Gasteiger partial charge in [0.25, 0.3) is 0 Å². The molecule has 18 valence electrons. The van der Waals surface area contributed by atoms with Crippen LogP contribution < -0.4 is 0 Å². The van der Waals surface area contributed by atoms with Gasteiger partial charge in [-0.05, 0) is 5.17 Å². The van der Waals surface area contributed by atoms with E-state index in [9.17, 15) is 0 Å². The fraction of sp³-hybridized carbons (Fsp3) is 0. The molecule has 0 bridgehead atoms. The van der Waals surface area contributed by atoms with Crippen LogP contribution in [0.5, 0.6) is 0 Å². The first-order valence-electron chi connectivity index (χ1n) is 1.16. The first-order valence-corrected chi connectivity index (χ1v) is 1.66. The van der Waals surface area contributed by atoms with E-state index in [2.05, 4.69) is 9.85 Å². The highest BCUT2D eigenvalue weighted by Gasteiger charge is 1.87. The molecular weight excluding hydrogens is 64.1 g/mol. The Bertz CT molecular complexity index is 63.4. The summed E-state index contributed by atoms with van der Waals surface area (Å²) in [5.41, 5.74) is 0. The molecule has 0 saturated heterocycles. The molecule has 0 atom stereocenters. The van der Waals surface area contributed by atoms with E-state index in [0.29, 0.717) is 0 Å². The minimum absolute atomic E-state index is 1.22. The first kappa shape index (κ1) is 2.09. The van der Waals surface area contributed by atoms with Crippen LogP contribution >= 0.6 is 0 Å². The molecule has 0 saturated carbocycles. The van der Waals surface area contributed by atoms with Crippen LogP contribution in [0.25, 0.3) is 0 Å². The van der Waals surface area contributed by atoms with Gasteiger partial charge in [0.05, 0.1) is 0 Å². The number of rotatable bonds is 0. The van der Waals surface area contributed by atoms with Crippen molar-refractivity contribution < 1.29 is 0 Å². The van der Waals surface area contributed by atoms with E-state index < -0.39 is 0 Å². The third-order valence-corrected chi connectivity index (χ3v) is 0.667. The lowest BCUT2D eigenvalue weighted by atomic mass is 10.9. The molecule has 1 heteroatoms. The van der Waals surface area contributed by atoms with Crippen molar-refractivity contribution in [1.82, 2.24) is 0 Å². The quantitative estimate of drug-likeness (QED) is 0.346. The monoisotopic (exact) mass is 66.0 g/mol. The van der Waals surface area contributed by atoms with Crippen molar-refractivity contribution in [2.45, 2.75) is 0 Å². The van der Waals surface area contributed by atoms with Gasteiger partial charge in [-0.15, -0.1) is 0 Å². The molecule has 1 aliphatic carbocycles. The van der Waals surface area contributed by atoms with Gasteiger partial charge in [-0.1, -0.05) is 12.2 Å². The van der Waals surface area contributed by atoms with Crippen LogP contribution in [0.4, 0.5) is 0 Å². The summed E-state index contributed by atoms with van der Waals surface area (Å²) < 4.78 is 0. The van der Waals surface area contributed by atoms with E-state index in [1.807, 2.05) is 12.2 Å². The fourth-order valence-corrected chi connectivity index (χ4v) is 0.125. The van der Waals surface area contributed by atoms with Crippen molar-refractivity contribution >= 4 is 15.0 Å². The zero-order valence-electron chi connectivity index (χ0n) is 2.15. The standard InChI is InChI=1S/C3H2Si/c4-3-1-2-3/h1-2H. The molecule has 0 N–H and O–H groups in total. The summed E-state index contributed by atoms with van der Waals surface area (Å²) in [6.45, 7) is 0. The SMILES string of the molecule is [Si]=C1C=C1. The minimum Gasteiger partial charge on any atom is -0.0596 e. The first-order chi connectivity index (χ1) is 1.89. The fourth-order valence-electron chi connectivity index (χ4n) is 0.0417. The molecule has 1 rings (SSSR count). The summed E-state index contributed by atoms with van der Waals surface area (Å²) in [4.78, 5) is 0. The van der Waals surface area contributed by atoms with Crippen molar-refractivity contribution in [3.05, 3.63) is 12.2 Å². The zero-order chi connectivity index (χ0) is 2.99. The van der Waals surface area contributed by atoms with Gasteiger partial charge in [0.2, 0.25) is 0 Å². The van der Waals surface area contributed by atoms with Gasteiger partial charge in [-0.25, -0.2) is 0 Å². The average molecular weight is 66.1 g/mol. The topological polar surface area (TPSA) is 0 Å². The number of allylic oxidation sites excluding steroid dienone is 2. The maximum atomic E-state index is 3.23. The Hall–Kier alpha value is -0.173. The second kappa shape index (κ2) is 0.405. The summed E-state index contributed by atoms with van der Waals surface area (Å²) in [6.07, 6.45) is 3.99. The summed E-state index contributed by atoms with van der Waals surface area (Å²) in [5, 5.41) is 1.22. The third-order valence-electron chi connectivity index (χ3n) is 0.333. The molecule has 0 aromatic rings. The highest BCUT2D eigenvalue weighted by atomic mass is 28.1. The van der Waals surface area contributed by atoms with Crippen LogP contribution in [0.3, 0.4) is 0 Å². The van der Waals surface area contributed by atoms with E-state index in [-0.39, 0.29) is 0 Å². The van der Waals surface area contributed by atoms with E-state index in [0.717, 1.165) is 0 Å². The third kappa shape index (κ3) is 0.156. The van der Waals surface area contributed by atoms with Crippen LogP contribution in [-0.2, 0) is 0 Å². The van der Waals surface area contributed by atoms with Gasteiger partial charge in [0.1, 0.15) is 0 Å². The Labute approximate surface area is 28.2 Å². The summed E-state index contributed by atoms with van der Waals surface area (Å²) >= 11 is 0. The smallest absolute Gasteiger partial charge is 0.0403 e. The maximum Gasteiger partial charge on any atom is 0.0403 e. The second-order valence-electron chi connectivity index (χ2n) is 0.789. The maximum absolute atomic E-state index is 3.23. The number of hydrogen-bond acceptors (Lipinski definition) is 0. The molecule has 0 fully saturated rings. The molecule has 4 heavy (non-hydrogen) atoms.